The van der Waals surface area contributed by atoms with E-state index in [9.17, 15) is 9.59 Å². The third-order valence-corrected chi connectivity index (χ3v) is 6.26. The summed E-state index contributed by atoms with van der Waals surface area (Å²) in [6.07, 6.45) is 4.08. The van der Waals surface area contributed by atoms with Crippen molar-refractivity contribution >= 4 is 35.3 Å². The maximum absolute atomic E-state index is 12.2. The van der Waals surface area contributed by atoms with Crippen LogP contribution in [-0.4, -0.2) is 29.2 Å². The highest BCUT2D eigenvalue weighted by atomic mass is 32.2. The molecule has 2 amide bonds. The summed E-state index contributed by atoms with van der Waals surface area (Å²) < 4.78 is 0. The number of benzene rings is 3. The van der Waals surface area contributed by atoms with Gasteiger partial charge in [0.1, 0.15) is 0 Å². The molecule has 0 saturated heterocycles. The number of amides is 2. The zero-order chi connectivity index (χ0) is 21.5. The molecular formula is C24H24N2O2S2. The molecule has 30 heavy (non-hydrogen) atoms. The average Bonchev–Trinajstić information content (AvgIpc) is 3.05. The van der Waals surface area contributed by atoms with E-state index in [0.717, 1.165) is 10.5 Å². The molecule has 154 valence electrons. The second-order valence-electron chi connectivity index (χ2n) is 6.64. The minimum atomic E-state index is -0.209. The summed E-state index contributed by atoms with van der Waals surface area (Å²) in [5, 5.41) is 0. The summed E-state index contributed by atoms with van der Waals surface area (Å²) in [5.74, 6) is -0.418. The SMILES string of the molecule is CSc1ccc(CN)cc1.CSc1ccc(CN2C(=O)c3ccccc3C2=O)cc1. The second-order valence-corrected chi connectivity index (χ2v) is 8.40. The Balaban J connectivity index is 0.000000216. The highest BCUT2D eigenvalue weighted by molar-refractivity contribution is 7.98. The number of hydrogen-bond acceptors (Lipinski definition) is 5. The molecule has 0 aliphatic carbocycles. The van der Waals surface area contributed by atoms with Crippen LogP contribution in [0.1, 0.15) is 31.8 Å². The predicted molar refractivity (Wildman–Crippen MR) is 125 cm³/mol. The van der Waals surface area contributed by atoms with Crippen LogP contribution in [-0.2, 0) is 13.1 Å². The Morgan fingerprint density at radius 2 is 1.13 bits per heavy atom. The lowest BCUT2D eigenvalue weighted by Gasteiger charge is -2.14. The minimum absolute atomic E-state index is 0.209. The maximum atomic E-state index is 12.2. The molecule has 3 aromatic rings. The van der Waals surface area contributed by atoms with Crippen LogP contribution in [0, 0.1) is 0 Å². The Morgan fingerprint density at radius 3 is 1.53 bits per heavy atom. The van der Waals surface area contributed by atoms with E-state index in [2.05, 4.69) is 30.5 Å². The van der Waals surface area contributed by atoms with Gasteiger partial charge in [0, 0.05) is 16.3 Å². The van der Waals surface area contributed by atoms with Crippen LogP contribution in [0.15, 0.2) is 82.6 Å². The van der Waals surface area contributed by atoms with Gasteiger partial charge in [0.2, 0.25) is 0 Å². The number of fused-ring (bicyclic) bond motifs is 1. The highest BCUT2D eigenvalue weighted by Gasteiger charge is 2.34. The number of hydrogen-bond donors (Lipinski definition) is 1. The van der Waals surface area contributed by atoms with Gasteiger partial charge in [-0.2, -0.15) is 0 Å². The monoisotopic (exact) mass is 436 g/mol. The molecule has 2 N–H and O–H groups in total. The van der Waals surface area contributed by atoms with Gasteiger partial charge < -0.3 is 5.73 Å². The van der Waals surface area contributed by atoms with E-state index in [4.69, 9.17) is 5.73 Å². The minimum Gasteiger partial charge on any atom is -0.326 e. The Morgan fingerprint density at radius 1 is 0.700 bits per heavy atom. The molecule has 3 aromatic carbocycles. The lowest BCUT2D eigenvalue weighted by atomic mass is 10.1. The number of rotatable bonds is 5. The topological polar surface area (TPSA) is 63.4 Å². The first-order valence-corrected chi connectivity index (χ1v) is 11.9. The molecule has 0 saturated carbocycles. The molecule has 4 nitrogen and oxygen atoms in total. The number of imide groups is 1. The predicted octanol–water partition coefficient (Wildman–Crippen LogP) is 5.07. The van der Waals surface area contributed by atoms with Crippen LogP contribution in [0.25, 0.3) is 0 Å². The smallest absolute Gasteiger partial charge is 0.261 e. The first kappa shape index (κ1) is 22.2. The van der Waals surface area contributed by atoms with Crippen molar-refractivity contribution in [1.82, 2.24) is 4.90 Å². The van der Waals surface area contributed by atoms with Crippen LogP contribution in [0.3, 0.4) is 0 Å². The molecular weight excluding hydrogens is 412 g/mol. The molecule has 0 unspecified atom stereocenters. The van der Waals surface area contributed by atoms with Crippen LogP contribution in [0.4, 0.5) is 0 Å². The summed E-state index contributed by atoms with van der Waals surface area (Å²) in [6, 6.07) is 23.2. The lowest BCUT2D eigenvalue weighted by Crippen LogP contribution is -2.29. The standard InChI is InChI=1S/C16H13NO2S.C8H11NS/c1-20-12-8-6-11(7-9-12)10-17-15(18)13-4-2-3-5-14(13)16(17)19;1-10-8-4-2-7(6-9)3-5-8/h2-9H,10H2,1H3;2-5H,6,9H2,1H3. The van der Waals surface area contributed by atoms with Gasteiger partial charge in [0.15, 0.2) is 0 Å². The van der Waals surface area contributed by atoms with E-state index >= 15 is 0 Å². The van der Waals surface area contributed by atoms with E-state index in [-0.39, 0.29) is 11.8 Å². The van der Waals surface area contributed by atoms with Gasteiger partial charge in [0.25, 0.3) is 11.8 Å². The van der Waals surface area contributed by atoms with Gasteiger partial charge in [-0.15, -0.1) is 23.5 Å². The van der Waals surface area contributed by atoms with Crippen molar-refractivity contribution < 1.29 is 9.59 Å². The van der Waals surface area contributed by atoms with Crippen molar-refractivity contribution in [3.05, 3.63) is 95.1 Å². The van der Waals surface area contributed by atoms with E-state index in [1.54, 1.807) is 47.8 Å². The van der Waals surface area contributed by atoms with Gasteiger partial charge in [-0.1, -0.05) is 36.4 Å². The van der Waals surface area contributed by atoms with Crippen LogP contribution >= 0.6 is 23.5 Å². The number of carbonyl (C=O) groups is 2. The molecule has 1 aliphatic rings. The lowest BCUT2D eigenvalue weighted by molar-refractivity contribution is 0.0642. The van der Waals surface area contributed by atoms with E-state index < -0.39 is 0 Å². The molecule has 0 fully saturated rings. The normalized spacial score (nSPS) is 12.4. The first-order valence-electron chi connectivity index (χ1n) is 9.48. The fourth-order valence-electron chi connectivity index (χ4n) is 3.06. The van der Waals surface area contributed by atoms with Crippen LogP contribution in [0.5, 0.6) is 0 Å². The summed E-state index contributed by atoms with van der Waals surface area (Å²) in [6.45, 7) is 0.954. The van der Waals surface area contributed by atoms with Gasteiger partial charge in [-0.3, -0.25) is 14.5 Å². The summed E-state index contributed by atoms with van der Waals surface area (Å²) in [7, 11) is 0. The zero-order valence-corrected chi connectivity index (χ0v) is 18.6. The van der Waals surface area contributed by atoms with Crippen molar-refractivity contribution in [3.8, 4) is 0 Å². The molecule has 0 bridgehead atoms. The molecule has 0 aromatic heterocycles. The van der Waals surface area contributed by atoms with Crippen molar-refractivity contribution in [2.45, 2.75) is 22.9 Å². The molecule has 1 aliphatic heterocycles. The molecule has 6 heteroatoms. The fourth-order valence-corrected chi connectivity index (χ4v) is 3.87. The molecule has 0 radical (unpaired) electrons. The van der Waals surface area contributed by atoms with Gasteiger partial charge in [-0.05, 0) is 60.0 Å². The maximum Gasteiger partial charge on any atom is 0.261 e. The summed E-state index contributed by atoms with van der Waals surface area (Å²) >= 11 is 3.41. The van der Waals surface area contributed by atoms with Gasteiger partial charge in [-0.25, -0.2) is 0 Å². The Bertz CT molecular complexity index is 960. The Hall–Kier alpha value is -2.54. The van der Waals surface area contributed by atoms with Crippen molar-refractivity contribution in [3.63, 3.8) is 0 Å². The molecule has 1 heterocycles. The fraction of sp³-hybridized carbons (Fsp3) is 0.167. The quantitative estimate of drug-likeness (QED) is 0.447. The van der Waals surface area contributed by atoms with Gasteiger partial charge in [0.05, 0.1) is 17.7 Å². The van der Waals surface area contributed by atoms with Crippen molar-refractivity contribution in [1.29, 1.82) is 0 Å². The van der Waals surface area contributed by atoms with E-state index in [1.165, 1.54) is 15.4 Å². The number of nitrogens with zero attached hydrogens (tertiary/aromatic N) is 1. The Kier molecular flexibility index (Phi) is 7.74. The molecule has 4 rings (SSSR count). The van der Waals surface area contributed by atoms with Crippen LogP contribution in [0.2, 0.25) is 0 Å². The van der Waals surface area contributed by atoms with Crippen molar-refractivity contribution in [2.24, 2.45) is 5.73 Å². The first-order chi connectivity index (χ1) is 14.6. The highest BCUT2D eigenvalue weighted by Crippen LogP contribution is 2.25. The molecule has 0 atom stereocenters. The number of nitrogens with two attached hydrogens (primary N) is 1. The zero-order valence-electron chi connectivity index (χ0n) is 17.0. The van der Waals surface area contributed by atoms with Crippen molar-refractivity contribution in [2.75, 3.05) is 12.5 Å². The number of thioether (sulfide) groups is 2. The van der Waals surface area contributed by atoms with E-state index in [1.807, 2.05) is 30.5 Å². The summed E-state index contributed by atoms with van der Waals surface area (Å²) in [4.78, 5) is 28.2. The van der Waals surface area contributed by atoms with E-state index in [0.29, 0.717) is 24.2 Å². The number of carbonyl (C=O) groups excluding carboxylic acids is 2. The second kappa shape index (κ2) is 10.5. The van der Waals surface area contributed by atoms with Gasteiger partial charge >= 0.3 is 0 Å². The third kappa shape index (κ3) is 5.14. The Labute approximate surface area is 185 Å². The third-order valence-electron chi connectivity index (χ3n) is 4.77. The average molecular weight is 437 g/mol. The van der Waals surface area contributed by atoms with Crippen LogP contribution < -0.4 is 5.73 Å². The summed E-state index contributed by atoms with van der Waals surface area (Å²) in [5.41, 5.74) is 8.58. The molecule has 0 spiro atoms. The largest absolute Gasteiger partial charge is 0.326 e.